The summed E-state index contributed by atoms with van der Waals surface area (Å²) in [6.45, 7) is 0. The molecule has 2 aromatic carbocycles. The molecule has 0 fully saturated rings. The van der Waals surface area contributed by atoms with E-state index in [-0.39, 0.29) is 18.0 Å². The van der Waals surface area contributed by atoms with E-state index in [1.165, 1.54) is 17.0 Å². The van der Waals surface area contributed by atoms with Gasteiger partial charge >= 0.3 is 0 Å². The number of hydrogen-bond donors (Lipinski definition) is 1. The van der Waals surface area contributed by atoms with Crippen LogP contribution < -0.4 is 10.2 Å². The van der Waals surface area contributed by atoms with Crippen molar-refractivity contribution in [3.63, 3.8) is 0 Å². The predicted molar refractivity (Wildman–Crippen MR) is 87.5 cm³/mol. The molecule has 0 radical (unpaired) electrons. The molecule has 0 saturated heterocycles. The van der Waals surface area contributed by atoms with Crippen LogP contribution in [0.1, 0.15) is 6.42 Å². The zero-order valence-electron chi connectivity index (χ0n) is 11.4. The summed E-state index contributed by atoms with van der Waals surface area (Å²) >= 11 is 5.14. The molecule has 0 spiro atoms. The molecule has 0 bridgehead atoms. The van der Waals surface area contributed by atoms with Crippen molar-refractivity contribution < 1.29 is 9.72 Å². The number of nitrogens with zero attached hydrogens (tertiary/aromatic N) is 2. The van der Waals surface area contributed by atoms with Gasteiger partial charge in [-0.25, -0.2) is 0 Å². The van der Waals surface area contributed by atoms with E-state index < -0.39 is 4.92 Å². The van der Waals surface area contributed by atoms with Crippen LogP contribution in [0.3, 0.4) is 0 Å². The van der Waals surface area contributed by atoms with E-state index in [4.69, 9.17) is 12.2 Å². The molecule has 1 N–H and O–H groups in total. The van der Waals surface area contributed by atoms with E-state index >= 15 is 0 Å². The lowest BCUT2D eigenvalue weighted by atomic mass is 10.2. The maximum absolute atomic E-state index is 12.5. The zero-order chi connectivity index (χ0) is 15.7. The van der Waals surface area contributed by atoms with Crippen molar-refractivity contribution >= 4 is 45.9 Å². The molecule has 1 amide bonds. The van der Waals surface area contributed by atoms with Crippen molar-refractivity contribution in [2.24, 2.45) is 0 Å². The van der Waals surface area contributed by atoms with Crippen LogP contribution in [0, 0.1) is 10.1 Å². The fourth-order valence-corrected chi connectivity index (χ4v) is 2.56. The van der Waals surface area contributed by atoms with E-state index in [2.05, 4.69) is 5.32 Å². The molecule has 2 aromatic rings. The summed E-state index contributed by atoms with van der Waals surface area (Å²) in [4.78, 5) is 24.9. The van der Waals surface area contributed by atoms with Crippen LogP contribution >= 0.6 is 12.2 Å². The number of rotatable bonds is 2. The second-order valence-corrected chi connectivity index (χ2v) is 5.24. The fraction of sp³-hybridized carbons (Fsp3) is 0.0667. The number of fused-ring (bicyclic) bond motifs is 1. The highest BCUT2D eigenvalue weighted by molar-refractivity contribution is 7.80. The second-order valence-electron chi connectivity index (χ2n) is 4.75. The van der Waals surface area contributed by atoms with Gasteiger partial charge in [0.15, 0.2) is 0 Å². The minimum atomic E-state index is -0.489. The molecular formula is C15H11N3O3S. The Kier molecular flexibility index (Phi) is 3.56. The number of carbonyl (C=O) groups is 1. The lowest BCUT2D eigenvalue weighted by Gasteiger charge is -2.22. The molecule has 7 heteroatoms. The first-order valence-corrected chi connectivity index (χ1v) is 6.93. The van der Waals surface area contributed by atoms with Crippen molar-refractivity contribution in [1.82, 2.24) is 0 Å². The number of carbonyl (C=O) groups excluding carboxylic acids is 1. The Bertz CT molecular complexity index is 777. The number of amides is 1. The monoisotopic (exact) mass is 313 g/mol. The minimum Gasteiger partial charge on any atom is -0.348 e. The number of anilines is 3. The lowest BCUT2D eigenvalue weighted by Crippen LogP contribution is -2.25. The number of para-hydroxylation sites is 1. The van der Waals surface area contributed by atoms with Crippen LogP contribution in [0.4, 0.5) is 22.7 Å². The highest BCUT2D eigenvalue weighted by Crippen LogP contribution is 2.37. The average Bonchev–Trinajstić information content (AvgIpc) is 2.61. The highest BCUT2D eigenvalue weighted by Gasteiger charge is 2.27. The molecule has 0 unspecified atom stereocenters. The first-order chi connectivity index (χ1) is 10.6. The quantitative estimate of drug-likeness (QED) is 0.522. The summed E-state index contributed by atoms with van der Waals surface area (Å²) in [5.74, 6) is -0.233. The lowest BCUT2D eigenvalue weighted by molar-refractivity contribution is -0.384. The van der Waals surface area contributed by atoms with E-state index in [0.717, 1.165) is 0 Å². The third kappa shape index (κ3) is 2.53. The Balaban J connectivity index is 2.21. The number of nitro benzene ring substituents is 1. The third-order valence-corrected chi connectivity index (χ3v) is 3.53. The van der Waals surface area contributed by atoms with Crippen LogP contribution in [0.2, 0.25) is 0 Å². The summed E-state index contributed by atoms with van der Waals surface area (Å²) in [5, 5.41) is 14.0. The number of hydrogen-bond acceptors (Lipinski definition) is 4. The molecule has 110 valence electrons. The Morgan fingerprint density at radius 2 is 1.91 bits per heavy atom. The predicted octanol–water partition coefficient (Wildman–Crippen LogP) is 3.40. The van der Waals surface area contributed by atoms with Gasteiger partial charge in [-0.05, 0) is 18.2 Å². The van der Waals surface area contributed by atoms with E-state index in [0.29, 0.717) is 22.1 Å². The molecule has 1 aliphatic heterocycles. The molecule has 22 heavy (non-hydrogen) atoms. The van der Waals surface area contributed by atoms with E-state index in [9.17, 15) is 14.9 Å². The summed E-state index contributed by atoms with van der Waals surface area (Å²) in [6.07, 6.45) is 0.0483. The number of nitrogens with one attached hydrogen (secondary N) is 1. The largest absolute Gasteiger partial charge is 0.348 e. The van der Waals surface area contributed by atoms with Crippen molar-refractivity contribution in [1.29, 1.82) is 0 Å². The maximum atomic E-state index is 12.5. The Morgan fingerprint density at radius 3 is 2.59 bits per heavy atom. The van der Waals surface area contributed by atoms with Gasteiger partial charge in [0, 0.05) is 17.8 Å². The number of non-ortho nitro benzene ring substituents is 1. The van der Waals surface area contributed by atoms with Crippen LogP contribution in [0.25, 0.3) is 0 Å². The molecule has 0 aromatic heterocycles. The van der Waals surface area contributed by atoms with Gasteiger partial charge in [0.1, 0.15) is 0 Å². The first-order valence-electron chi connectivity index (χ1n) is 6.52. The Labute approximate surface area is 131 Å². The molecule has 3 rings (SSSR count). The van der Waals surface area contributed by atoms with Gasteiger partial charge in [-0.1, -0.05) is 30.4 Å². The fourth-order valence-electron chi connectivity index (χ4n) is 2.33. The third-order valence-electron chi connectivity index (χ3n) is 3.28. The van der Waals surface area contributed by atoms with Crippen LogP contribution in [0.5, 0.6) is 0 Å². The topological polar surface area (TPSA) is 75.5 Å². The van der Waals surface area contributed by atoms with E-state index in [1.54, 1.807) is 30.3 Å². The van der Waals surface area contributed by atoms with Gasteiger partial charge in [-0.2, -0.15) is 0 Å². The van der Waals surface area contributed by atoms with Gasteiger partial charge in [0.05, 0.1) is 27.7 Å². The maximum Gasteiger partial charge on any atom is 0.271 e. The molecule has 0 aliphatic carbocycles. The summed E-state index contributed by atoms with van der Waals surface area (Å²) in [5.41, 5.74) is 1.55. The first kappa shape index (κ1) is 14.2. The Hall–Kier alpha value is -2.80. The van der Waals surface area contributed by atoms with Crippen molar-refractivity contribution in [2.75, 3.05) is 10.2 Å². The van der Waals surface area contributed by atoms with Gasteiger partial charge in [-0.3, -0.25) is 19.8 Å². The molecule has 0 saturated carbocycles. The number of benzene rings is 2. The average molecular weight is 313 g/mol. The van der Waals surface area contributed by atoms with Gasteiger partial charge in [-0.15, -0.1) is 0 Å². The second kappa shape index (κ2) is 5.53. The normalized spacial score (nSPS) is 14.1. The minimum absolute atomic E-state index is 0.0483. The molecular weight excluding hydrogens is 302 g/mol. The molecule has 1 aliphatic rings. The summed E-state index contributed by atoms with van der Waals surface area (Å²) < 4.78 is 0. The van der Waals surface area contributed by atoms with Crippen molar-refractivity contribution in [3.05, 3.63) is 58.6 Å². The van der Waals surface area contributed by atoms with Crippen molar-refractivity contribution in [2.45, 2.75) is 6.42 Å². The molecule has 6 nitrogen and oxygen atoms in total. The van der Waals surface area contributed by atoms with Gasteiger partial charge in [0.2, 0.25) is 5.91 Å². The highest BCUT2D eigenvalue weighted by atomic mass is 32.1. The van der Waals surface area contributed by atoms with Crippen LogP contribution in [0.15, 0.2) is 48.5 Å². The van der Waals surface area contributed by atoms with Gasteiger partial charge < -0.3 is 5.32 Å². The zero-order valence-corrected chi connectivity index (χ0v) is 12.2. The van der Waals surface area contributed by atoms with E-state index in [1.807, 2.05) is 6.07 Å². The molecule has 1 heterocycles. The Morgan fingerprint density at radius 1 is 1.18 bits per heavy atom. The van der Waals surface area contributed by atoms with Gasteiger partial charge in [0.25, 0.3) is 5.69 Å². The smallest absolute Gasteiger partial charge is 0.271 e. The standard InChI is InChI=1S/C15H11N3O3S/c19-15-9-14(22)16-12-7-6-11(18(20)21)8-13(12)17(15)10-4-2-1-3-5-10/h1-8H,9H2,(H,16,22). The van der Waals surface area contributed by atoms with Crippen LogP contribution in [-0.4, -0.2) is 15.8 Å². The number of thiocarbonyl (C=S) groups is 1. The SMILES string of the molecule is O=C1CC(=S)Nc2ccc([N+](=O)[O-])cc2N1c1ccccc1. The van der Waals surface area contributed by atoms with Crippen LogP contribution in [-0.2, 0) is 4.79 Å². The summed E-state index contributed by atoms with van der Waals surface area (Å²) in [7, 11) is 0. The number of nitro groups is 1. The summed E-state index contributed by atoms with van der Waals surface area (Å²) in [6, 6.07) is 13.3. The molecule has 0 atom stereocenters. The van der Waals surface area contributed by atoms with Crippen molar-refractivity contribution in [3.8, 4) is 0 Å².